The van der Waals surface area contributed by atoms with Gasteiger partial charge in [-0.15, -0.1) is 0 Å². The van der Waals surface area contributed by atoms with Crippen molar-refractivity contribution in [1.82, 2.24) is 19.9 Å². The van der Waals surface area contributed by atoms with Gasteiger partial charge < -0.3 is 28.9 Å². The molecule has 2 N–H and O–H groups in total. The van der Waals surface area contributed by atoms with Crippen LogP contribution in [0.4, 0.5) is 0 Å². The summed E-state index contributed by atoms with van der Waals surface area (Å²) < 4.78 is 25.5. The summed E-state index contributed by atoms with van der Waals surface area (Å²) in [4.78, 5) is 45.0. The lowest BCUT2D eigenvalue weighted by atomic mass is 9.98. The van der Waals surface area contributed by atoms with E-state index in [1.54, 1.807) is 0 Å². The highest BCUT2D eigenvalue weighted by atomic mass is 16.5. The summed E-state index contributed by atoms with van der Waals surface area (Å²) in [6.45, 7) is 13.0. The average Bonchev–Trinajstić information content (AvgIpc) is 4.12. The van der Waals surface area contributed by atoms with Crippen molar-refractivity contribution in [3.8, 4) is 0 Å². The second-order valence-corrected chi connectivity index (χ2v) is 19.7. The summed E-state index contributed by atoms with van der Waals surface area (Å²) in [5.74, 6) is -0.321. The third-order valence-electron chi connectivity index (χ3n) is 15.2. The van der Waals surface area contributed by atoms with Gasteiger partial charge in [0.1, 0.15) is 12.2 Å². The zero-order valence-corrected chi connectivity index (χ0v) is 39.3. The van der Waals surface area contributed by atoms with Gasteiger partial charge >= 0.3 is 11.9 Å². The first-order valence-electron chi connectivity index (χ1n) is 24.8. The second-order valence-electron chi connectivity index (χ2n) is 19.7. The van der Waals surface area contributed by atoms with Gasteiger partial charge in [-0.05, 0) is 189 Å². The van der Waals surface area contributed by atoms with Crippen LogP contribution in [0.3, 0.4) is 0 Å². The Bertz CT molecular complexity index is 2470. The minimum absolute atomic E-state index is 0.0189. The number of ether oxygens (including phenoxy) is 4. The summed E-state index contributed by atoms with van der Waals surface area (Å²) in [6.07, 6.45) is 19.2. The zero-order valence-electron chi connectivity index (χ0n) is 39.3. The van der Waals surface area contributed by atoms with E-state index < -0.39 is 0 Å². The summed E-state index contributed by atoms with van der Waals surface area (Å²) in [7, 11) is 0. The molecule has 0 amide bonds. The number of carbonyl (C=O) groups excluding carboxylic acids is 2. The van der Waals surface area contributed by atoms with Crippen LogP contribution in [0.15, 0.2) is 24.3 Å². The van der Waals surface area contributed by atoms with Crippen LogP contribution in [0.5, 0.6) is 0 Å². The number of rotatable bonds is 14. The lowest BCUT2D eigenvalue weighted by Gasteiger charge is -2.19. The van der Waals surface area contributed by atoms with E-state index in [9.17, 15) is 9.59 Å². The van der Waals surface area contributed by atoms with Crippen LogP contribution in [0.1, 0.15) is 213 Å². The van der Waals surface area contributed by atoms with Gasteiger partial charge in [0.25, 0.3) is 0 Å². The molecule has 5 heterocycles. The Balaban J connectivity index is 1.21. The molecule has 4 fully saturated rings. The molecule has 9 rings (SSSR count). The van der Waals surface area contributed by atoms with Crippen LogP contribution in [-0.2, 0) is 28.5 Å². The summed E-state index contributed by atoms with van der Waals surface area (Å²) >= 11 is 0. The number of esters is 2. The Morgan fingerprint density at radius 2 is 0.875 bits per heavy atom. The number of aromatic amines is 2. The zero-order chi connectivity index (χ0) is 44.5. The number of fused-ring (bicyclic) bond motifs is 8. The molecule has 2 aliphatic heterocycles. The van der Waals surface area contributed by atoms with Crippen LogP contribution < -0.4 is 0 Å². The standard InChI is InChI=1S/C54H70N4O6/c1-31-41(23-25-51(59)63-39-19-11-12-20-39)47-30-48-42(24-26-52(60)64-40-21-13-14-22-40)32(2)44(56-48)28-49-54(36(6)62-38-17-9-10-18-38)34(4)46(58-49)29-50-53(35(5)61-37-15-7-8-16-37)33(3)45(57-50)27-43(31)55-47/h27-30,35-40,57-58H,7-26H2,1-6H3. The van der Waals surface area contributed by atoms with Crippen LogP contribution in [0, 0.1) is 13.8 Å². The monoisotopic (exact) mass is 871 g/mol. The number of H-pyrrole nitrogens is 2. The lowest BCUT2D eigenvalue weighted by molar-refractivity contribution is -0.149. The van der Waals surface area contributed by atoms with Crippen molar-refractivity contribution < 1.29 is 28.5 Å². The number of aryl methyl sites for hydroxylation is 2. The Hall–Kier alpha value is -4.54. The van der Waals surface area contributed by atoms with Crippen molar-refractivity contribution in [3.63, 3.8) is 0 Å². The molecule has 8 bridgehead atoms. The Labute approximate surface area is 379 Å². The predicted octanol–water partition coefficient (Wildman–Crippen LogP) is 13.4. The van der Waals surface area contributed by atoms with Crippen molar-refractivity contribution in [3.05, 3.63) is 69.3 Å². The van der Waals surface area contributed by atoms with E-state index in [-0.39, 0.29) is 61.4 Å². The Morgan fingerprint density at radius 1 is 0.516 bits per heavy atom. The minimum Gasteiger partial charge on any atom is -0.462 e. The molecule has 64 heavy (non-hydrogen) atoms. The van der Waals surface area contributed by atoms with Gasteiger partial charge in [-0.1, -0.05) is 25.7 Å². The molecule has 0 aromatic carbocycles. The maximum Gasteiger partial charge on any atom is 0.306 e. The molecule has 10 nitrogen and oxygen atoms in total. The maximum atomic E-state index is 13.3. The van der Waals surface area contributed by atoms with Crippen molar-refractivity contribution in [2.24, 2.45) is 0 Å². The first kappa shape index (κ1) is 44.7. The number of aromatic nitrogens is 4. The van der Waals surface area contributed by atoms with Crippen molar-refractivity contribution in [2.75, 3.05) is 0 Å². The lowest BCUT2D eigenvalue weighted by Crippen LogP contribution is -2.14. The van der Waals surface area contributed by atoms with E-state index in [1.165, 1.54) is 25.7 Å². The number of allylic oxidation sites excluding steroid dienone is 4. The molecule has 2 unspecified atom stereocenters. The van der Waals surface area contributed by atoms with Gasteiger partial charge in [-0.2, -0.15) is 0 Å². The molecule has 6 aliphatic rings. The molecular weight excluding hydrogens is 801 g/mol. The van der Waals surface area contributed by atoms with Crippen LogP contribution in [-0.4, -0.2) is 56.3 Å². The van der Waals surface area contributed by atoms with E-state index in [2.05, 4.69) is 75.8 Å². The third kappa shape index (κ3) is 9.69. The SMILES string of the molecule is CC1=C(CCC(=O)OC2CCCC2)c2cc3nc(cc4[nH]c(cc5[nH]c(cc1n2)c(C)c5C(C)OC1CCCC1)c(C)c4C(C)OC1CCCC1)C(C)=C3CCC(=O)OC1CCCC1. The highest BCUT2D eigenvalue weighted by Gasteiger charge is 2.28. The van der Waals surface area contributed by atoms with Crippen molar-refractivity contribution in [2.45, 2.75) is 207 Å². The summed E-state index contributed by atoms with van der Waals surface area (Å²) in [5.41, 5.74) is 15.9. The van der Waals surface area contributed by atoms with E-state index in [1.807, 2.05) is 0 Å². The molecule has 10 heteroatoms. The number of hydrogen-bond acceptors (Lipinski definition) is 8. The summed E-state index contributed by atoms with van der Waals surface area (Å²) in [6, 6.07) is 8.67. The fraction of sp³-hybridized carbons (Fsp3) is 0.593. The number of hydrogen-bond donors (Lipinski definition) is 2. The summed E-state index contributed by atoms with van der Waals surface area (Å²) in [5, 5.41) is 0. The molecule has 4 saturated carbocycles. The van der Waals surface area contributed by atoms with E-state index in [0.717, 1.165) is 166 Å². The number of nitrogens with zero attached hydrogens (tertiary/aromatic N) is 2. The maximum absolute atomic E-state index is 13.3. The fourth-order valence-corrected chi connectivity index (χ4v) is 11.5. The molecule has 342 valence electrons. The first-order chi connectivity index (χ1) is 31.0. The largest absolute Gasteiger partial charge is 0.462 e. The average molecular weight is 871 g/mol. The van der Waals surface area contributed by atoms with E-state index in [0.29, 0.717) is 12.8 Å². The molecule has 0 radical (unpaired) electrons. The van der Waals surface area contributed by atoms with Crippen molar-refractivity contribution in [1.29, 1.82) is 0 Å². The predicted molar refractivity (Wildman–Crippen MR) is 254 cm³/mol. The third-order valence-corrected chi connectivity index (χ3v) is 15.2. The van der Waals surface area contributed by atoms with Gasteiger partial charge in [0.2, 0.25) is 0 Å². The smallest absolute Gasteiger partial charge is 0.306 e. The van der Waals surface area contributed by atoms with E-state index in [4.69, 9.17) is 28.9 Å². The second kappa shape index (κ2) is 19.5. The topological polar surface area (TPSA) is 128 Å². The Kier molecular flexibility index (Phi) is 13.6. The van der Waals surface area contributed by atoms with Crippen molar-refractivity contribution >= 4 is 56.3 Å². The van der Waals surface area contributed by atoms with Gasteiger partial charge in [-0.25, -0.2) is 9.97 Å². The normalized spacial score (nSPS) is 20.0. The van der Waals surface area contributed by atoms with Crippen LogP contribution in [0.25, 0.3) is 44.4 Å². The van der Waals surface area contributed by atoms with E-state index >= 15 is 0 Å². The Morgan fingerprint density at radius 3 is 1.30 bits per heavy atom. The molecular formula is C54H70N4O6. The molecule has 3 aromatic heterocycles. The first-order valence-corrected chi connectivity index (χ1v) is 24.8. The number of nitrogens with one attached hydrogen (secondary N) is 2. The molecule has 0 saturated heterocycles. The highest BCUT2D eigenvalue weighted by molar-refractivity contribution is 5.96. The van der Waals surface area contributed by atoms with Gasteiger partial charge in [0.05, 0.1) is 47.2 Å². The van der Waals surface area contributed by atoms with Crippen LogP contribution >= 0.6 is 0 Å². The van der Waals surface area contributed by atoms with Crippen LogP contribution in [0.2, 0.25) is 0 Å². The molecule has 0 spiro atoms. The molecule has 3 aromatic rings. The number of carbonyl (C=O) groups is 2. The minimum atomic E-state index is -0.161. The molecule has 4 aliphatic carbocycles. The van der Waals surface area contributed by atoms with Gasteiger partial charge in [0.15, 0.2) is 0 Å². The molecule has 2 atom stereocenters. The fourth-order valence-electron chi connectivity index (χ4n) is 11.5. The van der Waals surface area contributed by atoms with Gasteiger partial charge in [-0.3, -0.25) is 9.59 Å². The quantitative estimate of drug-likeness (QED) is 0.153. The highest BCUT2D eigenvalue weighted by Crippen LogP contribution is 2.41. The van der Waals surface area contributed by atoms with Gasteiger partial charge in [0, 0.05) is 46.0 Å².